The molecule has 4 rings (SSSR count). The second-order valence-corrected chi connectivity index (χ2v) is 8.99. The maximum absolute atomic E-state index is 13.5. The Morgan fingerprint density at radius 3 is 2.06 bits per heavy atom. The SMILES string of the molecule is O=C1C(Sc2ccccc2)=C(c2ccc([N+](=O)[O-])cc2)C(=O)N1C1CCCCCCC1. The molecule has 0 spiro atoms. The van der Waals surface area contributed by atoms with Crippen LogP contribution in [0.5, 0.6) is 0 Å². The molecular formula is C24H24N2O4S. The number of carbonyl (C=O) groups is 2. The first-order chi connectivity index (χ1) is 15.1. The molecule has 0 saturated heterocycles. The largest absolute Gasteiger partial charge is 0.271 e. The normalized spacial score (nSPS) is 18.3. The van der Waals surface area contributed by atoms with Crippen LogP contribution in [0.15, 0.2) is 64.4 Å². The third kappa shape index (κ3) is 4.56. The number of thioether (sulfide) groups is 1. The van der Waals surface area contributed by atoms with Crippen molar-refractivity contribution in [1.29, 1.82) is 0 Å². The summed E-state index contributed by atoms with van der Waals surface area (Å²) in [5.41, 5.74) is 0.835. The van der Waals surface area contributed by atoms with Gasteiger partial charge in [-0.15, -0.1) is 0 Å². The van der Waals surface area contributed by atoms with E-state index in [2.05, 4.69) is 0 Å². The van der Waals surface area contributed by atoms with E-state index in [9.17, 15) is 19.7 Å². The van der Waals surface area contributed by atoms with Gasteiger partial charge in [-0.2, -0.15) is 0 Å². The molecule has 2 aliphatic rings. The highest BCUT2D eigenvalue weighted by Gasteiger charge is 2.42. The maximum atomic E-state index is 13.5. The molecule has 0 bridgehead atoms. The van der Waals surface area contributed by atoms with Gasteiger partial charge in [0, 0.05) is 23.1 Å². The standard InChI is InChI=1S/C24H24N2O4S/c27-23-21(17-13-15-19(16-14-17)26(29)30)22(31-20-11-7-4-8-12-20)24(28)25(23)18-9-5-2-1-3-6-10-18/h4,7-8,11-16,18H,1-3,5-6,9-10H2. The van der Waals surface area contributed by atoms with Gasteiger partial charge in [0.05, 0.1) is 15.4 Å². The van der Waals surface area contributed by atoms with Gasteiger partial charge >= 0.3 is 0 Å². The number of amides is 2. The molecular weight excluding hydrogens is 412 g/mol. The lowest BCUT2D eigenvalue weighted by Gasteiger charge is -2.28. The van der Waals surface area contributed by atoms with Crippen LogP contribution in [0, 0.1) is 10.1 Å². The lowest BCUT2D eigenvalue weighted by atomic mass is 9.95. The number of nitro benzene ring substituents is 1. The lowest BCUT2D eigenvalue weighted by Crippen LogP contribution is -2.41. The first-order valence-electron chi connectivity index (χ1n) is 10.7. The molecule has 1 aliphatic heterocycles. The van der Waals surface area contributed by atoms with Gasteiger partial charge < -0.3 is 0 Å². The molecule has 0 N–H and O–H groups in total. The molecule has 2 aromatic rings. The van der Waals surface area contributed by atoms with Gasteiger partial charge in [-0.05, 0) is 42.7 Å². The fourth-order valence-electron chi connectivity index (χ4n) is 4.26. The van der Waals surface area contributed by atoms with Crippen molar-refractivity contribution in [2.45, 2.75) is 55.9 Å². The molecule has 2 aromatic carbocycles. The number of non-ortho nitro benzene ring substituents is 1. The zero-order chi connectivity index (χ0) is 21.8. The third-order valence-electron chi connectivity index (χ3n) is 5.84. The van der Waals surface area contributed by atoms with Gasteiger partial charge in [0.15, 0.2) is 0 Å². The summed E-state index contributed by atoms with van der Waals surface area (Å²) in [7, 11) is 0. The minimum absolute atomic E-state index is 0.0461. The summed E-state index contributed by atoms with van der Waals surface area (Å²) in [6.45, 7) is 0. The highest BCUT2D eigenvalue weighted by atomic mass is 32.2. The van der Waals surface area contributed by atoms with E-state index in [4.69, 9.17) is 0 Å². The summed E-state index contributed by atoms with van der Waals surface area (Å²) in [4.78, 5) is 40.3. The summed E-state index contributed by atoms with van der Waals surface area (Å²) in [6, 6.07) is 15.3. The number of carbonyl (C=O) groups excluding carboxylic acids is 2. The third-order valence-corrected chi connectivity index (χ3v) is 6.93. The predicted octanol–water partition coefficient (Wildman–Crippen LogP) is 5.58. The van der Waals surface area contributed by atoms with Crippen molar-refractivity contribution in [3.8, 4) is 0 Å². The fourth-order valence-corrected chi connectivity index (χ4v) is 5.28. The summed E-state index contributed by atoms with van der Waals surface area (Å²) < 4.78 is 0. The molecule has 1 fully saturated rings. The molecule has 0 atom stereocenters. The first kappa shape index (κ1) is 21.3. The Balaban J connectivity index is 1.72. The van der Waals surface area contributed by atoms with E-state index < -0.39 is 4.92 Å². The Morgan fingerprint density at radius 2 is 1.45 bits per heavy atom. The molecule has 6 nitrogen and oxygen atoms in total. The van der Waals surface area contributed by atoms with Crippen LogP contribution >= 0.6 is 11.8 Å². The number of hydrogen-bond donors (Lipinski definition) is 0. The van der Waals surface area contributed by atoms with Gasteiger partial charge in [-0.25, -0.2) is 0 Å². The molecule has 0 radical (unpaired) electrons. The van der Waals surface area contributed by atoms with E-state index in [1.165, 1.54) is 35.2 Å². The smallest absolute Gasteiger partial charge is 0.269 e. The number of benzene rings is 2. The van der Waals surface area contributed by atoms with Crippen LogP contribution in [0.1, 0.15) is 50.5 Å². The monoisotopic (exact) mass is 436 g/mol. The van der Waals surface area contributed by atoms with Gasteiger partial charge in [0.2, 0.25) is 0 Å². The van der Waals surface area contributed by atoms with Crippen LogP contribution in [0.3, 0.4) is 0 Å². The second kappa shape index (κ2) is 9.47. The van der Waals surface area contributed by atoms with Gasteiger partial charge in [0.1, 0.15) is 0 Å². The predicted molar refractivity (Wildman–Crippen MR) is 120 cm³/mol. The number of imide groups is 1. The van der Waals surface area contributed by atoms with Crippen LogP contribution in [0.2, 0.25) is 0 Å². The fraction of sp³-hybridized carbons (Fsp3) is 0.333. The average Bonchev–Trinajstić information content (AvgIpc) is 2.99. The van der Waals surface area contributed by atoms with Gasteiger partial charge in [-0.3, -0.25) is 24.6 Å². The van der Waals surface area contributed by atoms with Crippen LogP contribution in [0.25, 0.3) is 5.57 Å². The molecule has 1 heterocycles. The number of rotatable bonds is 5. The van der Waals surface area contributed by atoms with Crippen molar-refractivity contribution in [2.75, 3.05) is 0 Å². The molecule has 1 saturated carbocycles. The zero-order valence-electron chi connectivity index (χ0n) is 17.2. The summed E-state index contributed by atoms with van der Waals surface area (Å²) in [5, 5.41) is 11.0. The van der Waals surface area contributed by atoms with E-state index in [0.29, 0.717) is 16.0 Å². The Hall–Kier alpha value is -2.93. The molecule has 7 heteroatoms. The van der Waals surface area contributed by atoms with Crippen molar-refractivity contribution in [3.05, 3.63) is 75.2 Å². The topological polar surface area (TPSA) is 80.5 Å². The van der Waals surface area contributed by atoms with Crippen molar-refractivity contribution >= 4 is 34.8 Å². The van der Waals surface area contributed by atoms with Gasteiger partial charge in [-0.1, -0.05) is 62.1 Å². The molecule has 1 aliphatic carbocycles. The van der Waals surface area contributed by atoms with Crippen molar-refractivity contribution in [3.63, 3.8) is 0 Å². The van der Waals surface area contributed by atoms with E-state index in [0.717, 1.165) is 43.4 Å². The van der Waals surface area contributed by atoms with Crippen LogP contribution in [0.4, 0.5) is 5.69 Å². The van der Waals surface area contributed by atoms with Crippen LogP contribution < -0.4 is 0 Å². The summed E-state index contributed by atoms with van der Waals surface area (Å²) in [5.74, 6) is -0.541. The van der Waals surface area contributed by atoms with E-state index >= 15 is 0 Å². The van der Waals surface area contributed by atoms with Crippen molar-refractivity contribution in [2.24, 2.45) is 0 Å². The van der Waals surface area contributed by atoms with E-state index in [-0.39, 0.29) is 23.5 Å². The van der Waals surface area contributed by atoms with Gasteiger partial charge in [0.25, 0.3) is 17.5 Å². The lowest BCUT2D eigenvalue weighted by molar-refractivity contribution is -0.384. The summed E-state index contributed by atoms with van der Waals surface area (Å²) in [6.07, 6.45) is 7.13. The van der Waals surface area contributed by atoms with Crippen molar-refractivity contribution in [1.82, 2.24) is 4.90 Å². The highest BCUT2D eigenvalue weighted by Crippen LogP contribution is 2.41. The molecule has 160 valence electrons. The maximum Gasteiger partial charge on any atom is 0.269 e. The number of hydrogen-bond acceptors (Lipinski definition) is 5. The first-order valence-corrected chi connectivity index (χ1v) is 11.5. The molecule has 31 heavy (non-hydrogen) atoms. The Kier molecular flexibility index (Phi) is 6.51. The average molecular weight is 437 g/mol. The second-order valence-electron chi connectivity index (χ2n) is 7.90. The molecule has 0 aromatic heterocycles. The van der Waals surface area contributed by atoms with Crippen LogP contribution in [-0.2, 0) is 9.59 Å². The number of nitrogens with zero attached hydrogens (tertiary/aromatic N) is 2. The van der Waals surface area contributed by atoms with Crippen molar-refractivity contribution < 1.29 is 14.5 Å². The van der Waals surface area contributed by atoms with E-state index in [1.807, 2.05) is 30.3 Å². The Morgan fingerprint density at radius 1 is 0.839 bits per heavy atom. The van der Waals surface area contributed by atoms with E-state index in [1.54, 1.807) is 12.1 Å². The molecule has 0 unspecified atom stereocenters. The summed E-state index contributed by atoms with van der Waals surface area (Å²) >= 11 is 1.29. The number of nitro groups is 1. The Labute approximate surface area is 185 Å². The highest BCUT2D eigenvalue weighted by molar-refractivity contribution is 8.04. The minimum atomic E-state index is -0.472. The molecule has 2 amide bonds. The quantitative estimate of drug-likeness (QED) is 0.347. The minimum Gasteiger partial charge on any atom is -0.271 e. The van der Waals surface area contributed by atoms with Crippen LogP contribution in [-0.4, -0.2) is 27.7 Å². The Bertz CT molecular complexity index is 1010. The zero-order valence-corrected chi connectivity index (χ0v) is 18.0.